The summed E-state index contributed by atoms with van der Waals surface area (Å²) in [7, 11) is 0. The van der Waals surface area contributed by atoms with Crippen LogP contribution >= 0.6 is 11.5 Å². The molecule has 20 heavy (non-hydrogen) atoms. The van der Waals surface area contributed by atoms with Crippen LogP contribution in [0.3, 0.4) is 0 Å². The number of rotatable bonds is 5. The first-order valence-electron chi connectivity index (χ1n) is 6.12. The average Bonchev–Trinajstić information content (AvgIpc) is 2.83. The van der Waals surface area contributed by atoms with Gasteiger partial charge in [-0.3, -0.25) is 10.1 Å². The molecule has 1 heterocycles. The molecule has 2 rings (SSSR count). The first-order chi connectivity index (χ1) is 9.58. The highest BCUT2D eigenvalue weighted by Crippen LogP contribution is 2.16. The fraction of sp³-hybridized carbons (Fsp3) is 0.308. The van der Waals surface area contributed by atoms with Crippen molar-refractivity contribution in [3.05, 3.63) is 35.9 Å². The second-order valence-corrected chi connectivity index (χ2v) is 4.86. The minimum Gasteiger partial charge on any atom is -0.481 e. The highest BCUT2D eigenvalue weighted by molar-refractivity contribution is 7.09. The van der Waals surface area contributed by atoms with Crippen LogP contribution in [0.15, 0.2) is 24.3 Å². The molecule has 1 aromatic carbocycles. The quantitative estimate of drug-likeness (QED) is 0.921. The summed E-state index contributed by atoms with van der Waals surface area (Å²) in [4.78, 5) is 16.1. The van der Waals surface area contributed by atoms with E-state index in [1.807, 2.05) is 6.92 Å². The van der Waals surface area contributed by atoms with Crippen molar-refractivity contribution in [2.75, 3.05) is 5.32 Å². The molecule has 0 saturated heterocycles. The van der Waals surface area contributed by atoms with E-state index in [0.29, 0.717) is 23.1 Å². The van der Waals surface area contributed by atoms with Gasteiger partial charge < -0.3 is 4.74 Å². The highest BCUT2D eigenvalue weighted by Gasteiger charge is 2.19. The van der Waals surface area contributed by atoms with Crippen molar-refractivity contribution < 1.29 is 13.9 Å². The second-order valence-electron chi connectivity index (χ2n) is 4.10. The zero-order valence-corrected chi connectivity index (χ0v) is 11.9. The minimum absolute atomic E-state index is 0.298. The van der Waals surface area contributed by atoms with Crippen molar-refractivity contribution in [3.63, 3.8) is 0 Å². The zero-order chi connectivity index (χ0) is 14.5. The topological polar surface area (TPSA) is 64.1 Å². The molecule has 0 spiro atoms. The van der Waals surface area contributed by atoms with E-state index in [1.165, 1.54) is 24.3 Å². The summed E-state index contributed by atoms with van der Waals surface area (Å²) in [6, 6.07) is 5.54. The van der Waals surface area contributed by atoms with Crippen LogP contribution < -0.4 is 10.1 Å². The molecule has 7 heteroatoms. The van der Waals surface area contributed by atoms with Crippen LogP contribution in [-0.2, 0) is 4.79 Å². The second kappa shape index (κ2) is 6.42. The maximum Gasteiger partial charge on any atom is 0.267 e. The van der Waals surface area contributed by atoms with E-state index >= 15 is 0 Å². The number of nitrogens with one attached hydrogen (secondary N) is 1. The lowest BCUT2D eigenvalue weighted by molar-refractivity contribution is -0.122. The third-order valence-electron chi connectivity index (χ3n) is 2.51. The maximum atomic E-state index is 12.8. The Balaban J connectivity index is 2.00. The van der Waals surface area contributed by atoms with Crippen molar-refractivity contribution in [2.45, 2.75) is 26.4 Å². The number of carbonyl (C=O) groups excluding carboxylic acids is 1. The standard InChI is InChI=1S/C13H14FN3O2S/c1-3-11(19-10-6-4-9(14)5-7-10)12(18)16-13-15-8(2)17-20-13/h4-7,11H,3H2,1-2H3,(H,15,16,17,18)/t11-/m1/s1. The monoisotopic (exact) mass is 295 g/mol. The predicted octanol–water partition coefficient (Wildman–Crippen LogP) is 2.78. The van der Waals surface area contributed by atoms with Crippen molar-refractivity contribution in [3.8, 4) is 5.75 Å². The molecule has 0 aliphatic carbocycles. The van der Waals surface area contributed by atoms with E-state index in [0.717, 1.165) is 11.5 Å². The fourth-order valence-electron chi connectivity index (χ4n) is 1.53. The summed E-state index contributed by atoms with van der Waals surface area (Å²) in [5.41, 5.74) is 0. The number of ether oxygens (including phenoxy) is 1. The van der Waals surface area contributed by atoms with Crippen molar-refractivity contribution in [2.24, 2.45) is 0 Å². The third-order valence-corrected chi connectivity index (χ3v) is 3.23. The molecule has 1 amide bonds. The van der Waals surface area contributed by atoms with Crippen molar-refractivity contribution >= 4 is 22.6 Å². The molecule has 0 aliphatic rings. The van der Waals surface area contributed by atoms with Gasteiger partial charge in [0.25, 0.3) is 5.91 Å². The molecule has 0 bridgehead atoms. The summed E-state index contributed by atoms with van der Waals surface area (Å²) in [5.74, 6) is 0.409. The Hall–Kier alpha value is -2.02. The van der Waals surface area contributed by atoms with Gasteiger partial charge in [0.05, 0.1) is 0 Å². The SMILES string of the molecule is CC[C@@H](Oc1ccc(F)cc1)C(=O)Nc1nc(C)ns1. The number of amides is 1. The Morgan fingerprint density at radius 3 is 2.70 bits per heavy atom. The Bertz CT molecular complexity index is 586. The van der Waals surface area contributed by atoms with Crippen LogP contribution in [0, 0.1) is 12.7 Å². The van der Waals surface area contributed by atoms with E-state index in [9.17, 15) is 9.18 Å². The average molecular weight is 295 g/mol. The van der Waals surface area contributed by atoms with Gasteiger partial charge in [0.1, 0.15) is 17.4 Å². The van der Waals surface area contributed by atoms with Crippen LogP contribution in [-0.4, -0.2) is 21.4 Å². The maximum absolute atomic E-state index is 12.8. The molecule has 1 aromatic heterocycles. The largest absolute Gasteiger partial charge is 0.481 e. The van der Waals surface area contributed by atoms with Gasteiger partial charge in [-0.1, -0.05) is 6.92 Å². The van der Waals surface area contributed by atoms with Gasteiger partial charge in [-0.25, -0.2) is 9.37 Å². The number of hydrogen-bond donors (Lipinski definition) is 1. The molecule has 0 fully saturated rings. The Kier molecular flexibility index (Phi) is 4.62. The third kappa shape index (κ3) is 3.74. The van der Waals surface area contributed by atoms with Crippen LogP contribution in [0.25, 0.3) is 0 Å². The Labute approximate surface area is 120 Å². The Morgan fingerprint density at radius 1 is 1.45 bits per heavy atom. The van der Waals surface area contributed by atoms with E-state index < -0.39 is 6.10 Å². The van der Waals surface area contributed by atoms with Gasteiger partial charge in [-0.2, -0.15) is 4.37 Å². The fourth-order valence-corrected chi connectivity index (χ4v) is 2.11. The number of hydrogen-bond acceptors (Lipinski definition) is 5. The summed E-state index contributed by atoms with van der Waals surface area (Å²) in [6.45, 7) is 3.58. The van der Waals surface area contributed by atoms with Crippen molar-refractivity contribution in [1.29, 1.82) is 0 Å². The summed E-state index contributed by atoms with van der Waals surface area (Å²) in [6.07, 6.45) is -0.175. The Morgan fingerprint density at radius 2 is 2.15 bits per heavy atom. The van der Waals surface area contributed by atoms with Crippen LogP contribution in [0.2, 0.25) is 0 Å². The van der Waals surface area contributed by atoms with Crippen molar-refractivity contribution in [1.82, 2.24) is 9.36 Å². The van der Waals surface area contributed by atoms with Crippen LogP contribution in [0.4, 0.5) is 9.52 Å². The lowest BCUT2D eigenvalue weighted by Crippen LogP contribution is -2.32. The van der Waals surface area contributed by atoms with Gasteiger partial charge in [0, 0.05) is 11.5 Å². The first kappa shape index (κ1) is 14.4. The minimum atomic E-state index is -0.662. The zero-order valence-electron chi connectivity index (χ0n) is 11.1. The van der Waals surface area contributed by atoms with E-state index in [-0.39, 0.29) is 11.7 Å². The van der Waals surface area contributed by atoms with Gasteiger partial charge in [0.2, 0.25) is 5.13 Å². The number of carbonyl (C=O) groups is 1. The van der Waals surface area contributed by atoms with E-state index in [1.54, 1.807) is 6.92 Å². The van der Waals surface area contributed by atoms with Gasteiger partial charge in [-0.15, -0.1) is 0 Å². The highest BCUT2D eigenvalue weighted by atomic mass is 32.1. The predicted molar refractivity (Wildman–Crippen MR) is 74.4 cm³/mol. The molecule has 0 radical (unpaired) electrons. The summed E-state index contributed by atoms with van der Waals surface area (Å²) in [5, 5.41) is 3.09. The van der Waals surface area contributed by atoms with Gasteiger partial charge >= 0.3 is 0 Å². The molecule has 106 valence electrons. The lowest BCUT2D eigenvalue weighted by atomic mass is 10.2. The number of anilines is 1. The van der Waals surface area contributed by atoms with E-state index in [2.05, 4.69) is 14.7 Å². The van der Waals surface area contributed by atoms with Gasteiger partial charge in [-0.05, 0) is 37.6 Å². The molecule has 0 saturated carbocycles. The number of benzene rings is 1. The molecular weight excluding hydrogens is 281 g/mol. The normalized spacial score (nSPS) is 11.9. The first-order valence-corrected chi connectivity index (χ1v) is 6.89. The molecule has 1 N–H and O–H groups in total. The van der Waals surface area contributed by atoms with Gasteiger partial charge in [0.15, 0.2) is 6.10 Å². The number of nitrogens with zero attached hydrogens (tertiary/aromatic N) is 2. The lowest BCUT2D eigenvalue weighted by Gasteiger charge is -2.16. The summed E-state index contributed by atoms with van der Waals surface area (Å²) < 4.78 is 22.3. The summed E-state index contributed by atoms with van der Waals surface area (Å²) >= 11 is 1.12. The molecular formula is C13H14FN3O2S. The molecule has 2 aromatic rings. The number of aromatic nitrogens is 2. The van der Waals surface area contributed by atoms with Crippen LogP contribution in [0.5, 0.6) is 5.75 Å². The molecule has 0 aliphatic heterocycles. The number of halogens is 1. The number of aryl methyl sites for hydroxylation is 1. The van der Waals surface area contributed by atoms with E-state index in [4.69, 9.17) is 4.74 Å². The molecule has 5 nitrogen and oxygen atoms in total. The smallest absolute Gasteiger partial charge is 0.267 e. The molecule has 0 unspecified atom stereocenters. The molecule has 1 atom stereocenters. The van der Waals surface area contributed by atoms with Crippen LogP contribution in [0.1, 0.15) is 19.2 Å².